The molecule has 5 heteroatoms. The third kappa shape index (κ3) is 2.97. The minimum Gasteiger partial charge on any atom is -0.381 e. The number of benzene rings is 1. The van der Waals surface area contributed by atoms with Gasteiger partial charge in [-0.25, -0.2) is 12.8 Å². The van der Waals surface area contributed by atoms with Crippen molar-refractivity contribution in [3.8, 4) is 0 Å². The molecule has 1 N–H and O–H groups in total. The SMILES string of the molecule is Cc1c(F)cccc1NC1CCCS(=O)(=O)C1. The summed E-state index contributed by atoms with van der Waals surface area (Å²) in [6, 6.07) is 4.70. The van der Waals surface area contributed by atoms with Gasteiger partial charge in [0, 0.05) is 17.3 Å². The molecule has 1 aromatic rings. The van der Waals surface area contributed by atoms with Gasteiger partial charge < -0.3 is 5.32 Å². The van der Waals surface area contributed by atoms with Crippen LogP contribution in [-0.4, -0.2) is 26.0 Å². The summed E-state index contributed by atoms with van der Waals surface area (Å²) in [6.45, 7) is 1.69. The molecule has 0 radical (unpaired) electrons. The van der Waals surface area contributed by atoms with Gasteiger partial charge in [-0.1, -0.05) is 6.07 Å². The van der Waals surface area contributed by atoms with Gasteiger partial charge in [0.05, 0.1) is 11.5 Å². The minimum absolute atomic E-state index is 0.103. The molecule has 0 saturated carbocycles. The lowest BCUT2D eigenvalue weighted by Crippen LogP contribution is -2.35. The van der Waals surface area contributed by atoms with Gasteiger partial charge in [-0.3, -0.25) is 0 Å². The highest BCUT2D eigenvalue weighted by molar-refractivity contribution is 7.91. The number of nitrogens with one attached hydrogen (secondary N) is 1. The van der Waals surface area contributed by atoms with Gasteiger partial charge >= 0.3 is 0 Å². The van der Waals surface area contributed by atoms with Crippen LogP contribution in [0.3, 0.4) is 0 Å². The molecule has 0 bridgehead atoms. The highest BCUT2D eigenvalue weighted by Crippen LogP contribution is 2.22. The zero-order valence-corrected chi connectivity index (χ0v) is 10.6. The Kier molecular flexibility index (Phi) is 3.38. The van der Waals surface area contributed by atoms with Crippen LogP contribution in [0.5, 0.6) is 0 Å². The largest absolute Gasteiger partial charge is 0.381 e. The molecule has 1 heterocycles. The summed E-state index contributed by atoms with van der Waals surface area (Å²) in [5, 5.41) is 3.13. The van der Waals surface area contributed by atoms with Crippen molar-refractivity contribution in [2.24, 2.45) is 0 Å². The molecular formula is C12H16FNO2S. The van der Waals surface area contributed by atoms with Crippen molar-refractivity contribution in [3.63, 3.8) is 0 Å². The summed E-state index contributed by atoms with van der Waals surface area (Å²) in [4.78, 5) is 0. The highest BCUT2D eigenvalue weighted by Gasteiger charge is 2.24. The molecule has 1 aliphatic rings. The third-order valence-electron chi connectivity index (χ3n) is 3.09. The first-order valence-corrected chi connectivity index (χ1v) is 7.52. The van der Waals surface area contributed by atoms with Gasteiger partial charge in [-0.15, -0.1) is 0 Å². The summed E-state index contributed by atoms with van der Waals surface area (Å²) < 4.78 is 36.3. The van der Waals surface area contributed by atoms with Gasteiger partial charge in [0.25, 0.3) is 0 Å². The van der Waals surface area contributed by atoms with Gasteiger partial charge in [-0.2, -0.15) is 0 Å². The van der Waals surface area contributed by atoms with E-state index in [-0.39, 0.29) is 23.4 Å². The van der Waals surface area contributed by atoms with E-state index in [1.54, 1.807) is 19.1 Å². The van der Waals surface area contributed by atoms with E-state index in [9.17, 15) is 12.8 Å². The first-order chi connectivity index (χ1) is 7.98. The normalized spacial score (nSPS) is 23.3. The van der Waals surface area contributed by atoms with E-state index < -0.39 is 9.84 Å². The predicted molar refractivity (Wildman–Crippen MR) is 66.4 cm³/mol. The Balaban J connectivity index is 2.13. The molecule has 1 atom stereocenters. The average Bonchev–Trinajstić information content (AvgIpc) is 2.23. The third-order valence-corrected chi connectivity index (χ3v) is 4.91. The first kappa shape index (κ1) is 12.4. The zero-order chi connectivity index (χ0) is 12.5. The molecule has 1 fully saturated rings. The van der Waals surface area contributed by atoms with Crippen molar-refractivity contribution >= 4 is 15.5 Å². The smallest absolute Gasteiger partial charge is 0.152 e. The first-order valence-electron chi connectivity index (χ1n) is 5.70. The Morgan fingerprint density at radius 2 is 2.18 bits per heavy atom. The Morgan fingerprint density at radius 3 is 2.88 bits per heavy atom. The number of hydrogen-bond donors (Lipinski definition) is 1. The van der Waals surface area contributed by atoms with E-state index >= 15 is 0 Å². The van der Waals surface area contributed by atoms with E-state index in [4.69, 9.17) is 0 Å². The van der Waals surface area contributed by atoms with Crippen LogP contribution in [0.25, 0.3) is 0 Å². The predicted octanol–water partition coefficient (Wildman–Crippen LogP) is 2.12. The molecule has 1 saturated heterocycles. The lowest BCUT2D eigenvalue weighted by Gasteiger charge is -2.24. The Labute approximate surface area is 101 Å². The lowest BCUT2D eigenvalue weighted by molar-refractivity contribution is 0.561. The fraction of sp³-hybridized carbons (Fsp3) is 0.500. The Hall–Kier alpha value is -1.10. The van der Waals surface area contributed by atoms with Crippen LogP contribution in [0, 0.1) is 12.7 Å². The van der Waals surface area contributed by atoms with Crippen molar-refractivity contribution in [3.05, 3.63) is 29.6 Å². The topological polar surface area (TPSA) is 46.2 Å². The van der Waals surface area contributed by atoms with Crippen LogP contribution < -0.4 is 5.32 Å². The summed E-state index contributed by atoms with van der Waals surface area (Å²) in [7, 11) is -2.93. The molecule has 17 heavy (non-hydrogen) atoms. The molecular weight excluding hydrogens is 241 g/mol. The molecule has 0 aromatic heterocycles. The number of hydrogen-bond acceptors (Lipinski definition) is 3. The average molecular weight is 257 g/mol. The molecule has 2 rings (SSSR count). The Morgan fingerprint density at radius 1 is 1.41 bits per heavy atom. The lowest BCUT2D eigenvalue weighted by atomic mass is 10.1. The van der Waals surface area contributed by atoms with Gasteiger partial charge in [-0.05, 0) is 31.9 Å². The second-order valence-corrected chi connectivity index (χ2v) is 6.74. The summed E-state index contributed by atoms with van der Waals surface area (Å²) in [5.41, 5.74) is 1.22. The Bertz CT molecular complexity index is 513. The van der Waals surface area contributed by atoms with Crippen molar-refractivity contribution in [2.45, 2.75) is 25.8 Å². The van der Waals surface area contributed by atoms with E-state index in [2.05, 4.69) is 5.32 Å². The molecule has 0 aliphatic carbocycles. The molecule has 94 valence electrons. The molecule has 1 unspecified atom stereocenters. The van der Waals surface area contributed by atoms with E-state index in [0.717, 1.165) is 6.42 Å². The maximum atomic E-state index is 13.3. The molecule has 0 spiro atoms. The van der Waals surface area contributed by atoms with Gasteiger partial charge in [0.1, 0.15) is 5.82 Å². The minimum atomic E-state index is -2.93. The van der Waals surface area contributed by atoms with Crippen molar-refractivity contribution in [1.82, 2.24) is 0 Å². The standard InChI is InChI=1S/C12H16FNO2S/c1-9-11(13)5-2-6-12(9)14-10-4-3-7-17(15,16)8-10/h2,5-6,10,14H,3-4,7-8H2,1H3. The second-order valence-electron chi connectivity index (χ2n) is 4.51. The van der Waals surface area contributed by atoms with Gasteiger partial charge in [0.15, 0.2) is 9.84 Å². The van der Waals surface area contributed by atoms with E-state index in [1.807, 2.05) is 0 Å². The maximum Gasteiger partial charge on any atom is 0.152 e. The molecule has 3 nitrogen and oxygen atoms in total. The molecule has 1 aliphatic heterocycles. The number of anilines is 1. The van der Waals surface area contributed by atoms with Crippen LogP contribution in [0.4, 0.5) is 10.1 Å². The van der Waals surface area contributed by atoms with Crippen LogP contribution in [0.15, 0.2) is 18.2 Å². The number of halogens is 1. The van der Waals surface area contributed by atoms with Crippen LogP contribution in [0.1, 0.15) is 18.4 Å². The van der Waals surface area contributed by atoms with E-state index in [0.29, 0.717) is 17.7 Å². The van der Waals surface area contributed by atoms with Crippen LogP contribution in [0.2, 0.25) is 0 Å². The second kappa shape index (κ2) is 4.64. The molecule has 0 amide bonds. The summed E-state index contributed by atoms with van der Waals surface area (Å²) >= 11 is 0. The van der Waals surface area contributed by atoms with E-state index in [1.165, 1.54) is 6.07 Å². The van der Waals surface area contributed by atoms with Crippen LogP contribution in [-0.2, 0) is 9.84 Å². The van der Waals surface area contributed by atoms with Crippen LogP contribution >= 0.6 is 0 Å². The summed E-state index contributed by atoms with van der Waals surface area (Å²) in [5.74, 6) is 0.143. The maximum absolute atomic E-state index is 13.3. The van der Waals surface area contributed by atoms with Crippen molar-refractivity contribution in [2.75, 3.05) is 16.8 Å². The fourth-order valence-corrected chi connectivity index (χ4v) is 3.76. The quantitative estimate of drug-likeness (QED) is 0.882. The molecule has 1 aromatic carbocycles. The monoisotopic (exact) mass is 257 g/mol. The number of rotatable bonds is 2. The summed E-state index contributed by atoms with van der Waals surface area (Å²) in [6.07, 6.45) is 1.49. The highest BCUT2D eigenvalue weighted by atomic mass is 32.2. The van der Waals surface area contributed by atoms with Crippen molar-refractivity contribution in [1.29, 1.82) is 0 Å². The fourth-order valence-electron chi connectivity index (χ4n) is 2.12. The zero-order valence-electron chi connectivity index (χ0n) is 9.74. The van der Waals surface area contributed by atoms with Gasteiger partial charge in [0.2, 0.25) is 0 Å². The van der Waals surface area contributed by atoms with Crippen molar-refractivity contribution < 1.29 is 12.8 Å². The number of sulfone groups is 1.